The van der Waals surface area contributed by atoms with Gasteiger partial charge in [-0.1, -0.05) is 24.3 Å². The number of amides is 3. The summed E-state index contributed by atoms with van der Waals surface area (Å²) >= 11 is 0. The molecular weight excluding hydrogens is 379 g/mol. The van der Waals surface area contributed by atoms with Gasteiger partial charge in [0.15, 0.2) is 6.61 Å². The minimum Gasteiger partial charge on any atom is -0.456 e. The normalized spacial score (nSPS) is 21.7. The van der Waals surface area contributed by atoms with Crippen LogP contribution in [-0.2, 0) is 23.9 Å². The average molecular weight is 402 g/mol. The number of halogens is 1. The van der Waals surface area contributed by atoms with Gasteiger partial charge < -0.3 is 10.1 Å². The molecule has 1 aliphatic carbocycles. The van der Waals surface area contributed by atoms with E-state index >= 15 is 0 Å². The number of carbonyl (C=O) groups excluding carboxylic acids is 4. The van der Waals surface area contributed by atoms with Gasteiger partial charge in [0, 0.05) is 6.54 Å². The second-order valence-corrected chi connectivity index (χ2v) is 7.24. The van der Waals surface area contributed by atoms with E-state index in [1.165, 1.54) is 12.1 Å². The first-order valence-corrected chi connectivity index (χ1v) is 9.57. The quantitative estimate of drug-likeness (QED) is 0.427. The summed E-state index contributed by atoms with van der Waals surface area (Å²) in [6.07, 6.45) is 4.72. The molecule has 3 rings (SSSR count). The highest BCUT2D eigenvalue weighted by molar-refractivity contribution is 6.05. The highest BCUT2D eigenvalue weighted by Crippen LogP contribution is 2.34. The number of fused-ring (bicyclic) bond motifs is 1. The maximum absolute atomic E-state index is 12.9. The third kappa shape index (κ3) is 4.88. The third-order valence-electron chi connectivity index (χ3n) is 5.25. The molecule has 0 radical (unpaired) electrons. The summed E-state index contributed by atoms with van der Waals surface area (Å²) in [6, 6.07) is 5.34. The van der Waals surface area contributed by atoms with Gasteiger partial charge in [0.2, 0.25) is 11.8 Å². The van der Waals surface area contributed by atoms with Crippen molar-refractivity contribution in [2.75, 3.05) is 13.2 Å². The minimum absolute atomic E-state index is 0.0445. The maximum Gasteiger partial charge on any atom is 0.308 e. The molecule has 3 atom stereocenters. The van der Waals surface area contributed by atoms with Crippen LogP contribution in [0.3, 0.4) is 0 Å². The number of hydrogen-bond acceptors (Lipinski definition) is 5. The first-order valence-electron chi connectivity index (χ1n) is 9.57. The van der Waals surface area contributed by atoms with E-state index in [0.29, 0.717) is 18.4 Å². The van der Waals surface area contributed by atoms with Gasteiger partial charge in [0.05, 0.1) is 24.3 Å². The smallest absolute Gasteiger partial charge is 0.308 e. The highest BCUT2D eigenvalue weighted by Gasteiger charge is 2.46. The van der Waals surface area contributed by atoms with Gasteiger partial charge in [-0.05, 0) is 37.5 Å². The number of allylic oxidation sites excluding steroid dienone is 2. The lowest BCUT2D eigenvalue weighted by atomic mass is 9.85. The highest BCUT2D eigenvalue weighted by atomic mass is 19.1. The molecular formula is C21H23FN2O5. The van der Waals surface area contributed by atoms with E-state index in [1.807, 2.05) is 12.2 Å². The summed E-state index contributed by atoms with van der Waals surface area (Å²) in [6.45, 7) is 1.21. The SMILES string of the molecule is C[C@H](NC(=O)COC(=O)CCN1C(=O)[C@H]2CC=CC[C@H]2C1=O)c1ccc(F)cc1. The van der Waals surface area contributed by atoms with Crippen LogP contribution in [0, 0.1) is 17.7 Å². The molecule has 7 nitrogen and oxygen atoms in total. The molecule has 1 aliphatic heterocycles. The zero-order chi connectivity index (χ0) is 21.0. The Morgan fingerprint density at radius 1 is 1.14 bits per heavy atom. The van der Waals surface area contributed by atoms with E-state index in [4.69, 9.17) is 4.74 Å². The number of imide groups is 1. The fourth-order valence-corrected chi connectivity index (χ4v) is 3.63. The Balaban J connectivity index is 1.41. The molecule has 0 spiro atoms. The Morgan fingerprint density at radius 2 is 1.72 bits per heavy atom. The van der Waals surface area contributed by atoms with Gasteiger partial charge in [0.1, 0.15) is 5.82 Å². The van der Waals surface area contributed by atoms with Crippen LogP contribution >= 0.6 is 0 Å². The van der Waals surface area contributed by atoms with Crippen LogP contribution in [-0.4, -0.2) is 41.7 Å². The Hall–Kier alpha value is -3.03. The Kier molecular flexibility index (Phi) is 6.41. The fourth-order valence-electron chi connectivity index (χ4n) is 3.63. The van der Waals surface area contributed by atoms with Crippen molar-refractivity contribution in [3.05, 3.63) is 47.8 Å². The van der Waals surface area contributed by atoms with Crippen LogP contribution in [0.5, 0.6) is 0 Å². The largest absolute Gasteiger partial charge is 0.456 e. The number of likely N-dealkylation sites (tertiary alicyclic amines) is 1. The van der Waals surface area contributed by atoms with Crippen molar-refractivity contribution in [2.24, 2.45) is 11.8 Å². The Labute approximate surface area is 167 Å². The van der Waals surface area contributed by atoms with E-state index in [0.717, 1.165) is 4.90 Å². The molecule has 29 heavy (non-hydrogen) atoms. The van der Waals surface area contributed by atoms with E-state index in [-0.39, 0.29) is 48.5 Å². The number of benzene rings is 1. The summed E-state index contributed by atoms with van der Waals surface area (Å²) < 4.78 is 17.9. The van der Waals surface area contributed by atoms with Crippen molar-refractivity contribution < 1.29 is 28.3 Å². The lowest BCUT2D eigenvalue weighted by molar-refractivity contribution is -0.150. The van der Waals surface area contributed by atoms with Crippen LogP contribution in [0.15, 0.2) is 36.4 Å². The topological polar surface area (TPSA) is 92.8 Å². The molecule has 1 heterocycles. The molecule has 1 N–H and O–H groups in total. The molecule has 2 aliphatic rings. The van der Waals surface area contributed by atoms with Crippen LogP contribution in [0.25, 0.3) is 0 Å². The van der Waals surface area contributed by atoms with Crippen molar-refractivity contribution in [1.29, 1.82) is 0 Å². The van der Waals surface area contributed by atoms with Crippen molar-refractivity contribution in [3.63, 3.8) is 0 Å². The molecule has 1 saturated heterocycles. The third-order valence-corrected chi connectivity index (χ3v) is 5.25. The van der Waals surface area contributed by atoms with Crippen molar-refractivity contribution >= 4 is 23.7 Å². The summed E-state index contributed by atoms with van der Waals surface area (Å²) in [4.78, 5) is 49.7. The van der Waals surface area contributed by atoms with Crippen LogP contribution in [0.2, 0.25) is 0 Å². The van der Waals surface area contributed by atoms with Gasteiger partial charge in [-0.2, -0.15) is 0 Å². The van der Waals surface area contributed by atoms with Gasteiger partial charge in [0.25, 0.3) is 5.91 Å². The van der Waals surface area contributed by atoms with E-state index in [9.17, 15) is 23.6 Å². The molecule has 0 aromatic heterocycles. The van der Waals surface area contributed by atoms with Crippen LogP contribution < -0.4 is 5.32 Å². The van der Waals surface area contributed by atoms with E-state index in [1.54, 1.807) is 19.1 Å². The number of carbonyl (C=O) groups is 4. The lowest BCUT2D eigenvalue weighted by Crippen LogP contribution is -2.34. The van der Waals surface area contributed by atoms with Crippen molar-refractivity contribution in [1.82, 2.24) is 10.2 Å². The first kappa shape index (κ1) is 20.7. The van der Waals surface area contributed by atoms with Gasteiger partial charge in [-0.15, -0.1) is 0 Å². The van der Waals surface area contributed by atoms with E-state index < -0.39 is 18.5 Å². The van der Waals surface area contributed by atoms with Gasteiger partial charge in [-0.3, -0.25) is 24.1 Å². The molecule has 0 bridgehead atoms. The first-order chi connectivity index (χ1) is 13.9. The van der Waals surface area contributed by atoms with Crippen LogP contribution in [0.4, 0.5) is 4.39 Å². The predicted molar refractivity (Wildman–Crippen MR) is 101 cm³/mol. The van der Waals surface area contributed by atoms with E-state index in [2.05, 4.69) is 5.32 Å². The molecule has 3 amide bonds. The van der Waals surface area contributed by atoms with Gasteiger partial charge in [-0.25, -0.2) is 4.39 Å². The molecule has 0 saturated carbocycles. The number of ether oxygens (including phenoxy) is 1. The standard InChI is InChI=1S/C21H23FN2O5/c1-13(14-6-8-15(22)9-7-14)23-18(25)12-29-19(26)10-11-24-20(27)16-4-2-3-5-17(16)21(24)28/h2-3,6-9,13,16-17H,4-5,10-12H2,1H3,(H,23,25)/t13-,16-,17+/m0/s1. The number of esters is 1. The van der Waals surface area contributed by atoms with Gasteiger partial charge >= 0.3 is 5.97 Å². The Bertz CT molecular complexity index is 810. The second-order valence-electron chi connectivity index (χ2n) is 7.24. The fraction of sp³-hybridized carbons (Fsp3) is 0.429. The molecule has 8 heteroatoms. The lowest BCUT2D eigenvalue weighted by Gasteiger charge is -2.15. The second kappa shape index (κ2) is 8.98. The molecule has 1 aromatic rings. The molecule has 0 unspecified atom stereocenters. The van der Waals surface area contributed by atoms with Crippen molar-refractivity contribution in [2.45, 2.75) is 32.2 Å². The zero-order valence-electron chi connectivity index (χ0n) is 16.1. The molecule has 154 valence electrons. The Morgan fingerprint density at radius 3 is 2.31 bits per heavy atom. The summed E-state index contributed by atoms with van der Waals surface area (Å²) in [5.41, 5.74) is 0.716. The zero-order valence-corrected chi connectivity index (χ0v) is 16.1. The number of hydrogen-bond donors (Lipinski definition) is 1. The summed E-state index contributed by atoms with van der Waals surface area (Å²) in [7, 11) is 0. The number of nitrogens with zero attached hydrogens (tertiary/aromatic N) is 1. The van der Waals surface area contributed by atoms with Crippen molar-refractivity contribution in [3.8, 4) is 0 Å². The van der Waals surface area contributed by atoms with Crippen LogP contribution in [0.1, 0.15) is 37.8 Å². The number of nitrogens with one attached hydrogen (secondary N) is 1. The summed E-state index contributed by atoms with van der Waals surface area (Å²) in [5.74, 6) is -2.69. The molecule has 1 fully saturated rings. The minimum atomic E-state index is -0.664. The summed E-state index contributed by atoms with van der Waals surface area (Å²) in [5, 5.41) is 2.65. The average Bonchev–Trinajstić information content (AvgIpc) is 2.95. The number of rotatable bonds is 7. The monoisotopic (exact) mass is 402 g/mol. The maximum atomic E-state index is 12.9. The predicted octanol–water partition coefficient (Wildman–Crippen LogP) is 1.89. The molecule has 1 aromatic carbocycles.